The Hall–Kier alpha value is -3.77. The van der Waals surface area contributed by atoms with Crippen LogP contribution in [0.5, 0.6) is 0 Å². The number of nitrogen functional groups attached to an aromatic ring is 1. The number of hydrogen-bond donors (Lipinski definition) is 1. The molecule has 1 aliphatic heterocycles. The van der Waals surface area contributed by atoms with E-state index in [-0.39, 0.29) is 5.91 Å². The molecule has 5 rings (SSSR count). The molecule has 1 saturated heterocycles. The zero-order valence-electron chi connectivity index (χ0n) is 18.5. The van der Waals surface area contributed by atoms with E-state index in [1.807, 2.05) is 47.4 Å². The molecule has 0 aliphatic carbocycles. The average molecular weight is 438 g/mol. The Labute approximate surface area is 193 Å². The Bertz CT molecular complexity index is 1250. The molecular formula is C27H27N5O. The van der Waals surface area contributed by atoms with Gasteiger partial charge in [-0.2, -0.15) is 0 Å². The van der Waals surface area contributed by atoms with Crippen molar-refractivity contribution in [2.45, 2.75) is 13.0 Å². The van der Waals surface area contributed by atoms with E-state index in [9.17, 15) is 4.79 Å². The highest BCUT2D eigenvalue weighted by molar-refractivity contribution is 5.87. The lowest BCUT2D eigenvalue weighted by atomic mass is 10.0. The largest absolute Gasteiger partial charge is 0.383 e. The Morgan fingerprint density at radius 1 is 0.788 bits per heavy atom. The highest BCUT2D eigenvalue weighted by atomic mass is 16.2. The number of piperazine rings is 1. The van der Waals surface area contributed by atoms with Gasteiger partial charge in [-0.05, 0) is 28.8 Å². The van der Waals surface area contributed by atoms with Gasteiger partial charge in [-0.15, -0.1) is 0 Å². The van der Waals surface area contributed by atoms with E-state index in [0.29, 0.717) is 31.9 Å². The maximum atomic E-state index is 12.8. The summed E-state index contributed by atoms with van der Waals surface area (Å²) in [6, 6.07) is 26.4. The van der Waals surface area contributed by atoms with E-state index in [1.54, 1.807) is 0 Å². The number of fused-ring (bicyclic) bond motifs is 1. The number of rotatable bonds is 5. The summed E-state index contributed by atoms with van der Waals surface area (Å²) in [5.74, 6) is 1.42. The number of carbonyl (C=O) groups excluding carboxylic acids is 1. The highest BCUT2D eigenvalue weighted by Gasteiger charge is 2.22. The number of carbonyl (C=O) groups is 1. The third-order valence-electron chi connectivity index (χ3n) is 6.19. The van der Waals surface area contributed by atoms with Gasteiger partial charge in [-0.1, -0.05) is 66.7 Å². The summed E-state index contributed by atoms with van der Waals surface area (Å²) in [4.78, 5) is 26.2. The average Bonchev–Trinajstić information content (AvgIpc) is 2.85. The van der Waals surface area contributed by atoms with E-state index in [2.05, 4.69) is 51.3 Å². The van der Waals surface area contributed by atoms with Crippen molar-refractivity contribution < 1.29 is 4.79 Å². The molecule has 6 heteroatoms. The fourth-order valence-electron chi connectivity index (χ4n) is 4.31. The molecule has 0 bridgehead atoms. The monoisotopic (exact) mass is 437 g/mol. The van der Waals surface area contributed by atoms with Crippen LogP contribution < -0.4 is 5.73 Å². The van der Waals surface area contributed by atoms with Gasteiger partial charge < -0.3 is 10.6 Å². The van der Waals surface area contributed by atoms with Crippen LogP contribution in [0.2, 0.25) is 0 Å². The van der Waals surface area contributed by atoms with Crippen molar-refractivity contribution >= 4 is 22.6 Å². The second-order valence-corrected chi connectivity index (χ2v) is 8.44. The minimum Gasteiger partial charge on any atom is -0.383 e. The lowest BCUT2D eigenvalue weighted by molar-refractivity contribution is -0.132. The van der Waals surface area contributed by atoms with Gasteiger partial charge in [-0.25, -0.2) is 9.97 Å². The number of hydrogen-bond acceptors (Lipinski definition) is 5. The van der Waals surface area contributed by atoms with E-state index in [0.717, 1.165) is 40.9 Å². The van der Waals surface area contributed by atoms with Crippen LogP contribution in [0.4, 0.5) is 5.82 Å². The Morgan fingerprint density at radius 3 is 2.21 bits per heavy atom. The Balaban J connectivity index is 1.15. The molecule has 6 nitrogen and oxygen atoms in total. The summed E-state index contributed by atoms with van der Waals surface area (Å²) in [5, 5.41) is 0.883. The fraction of sp³-hybridized carbons (Fsp3) is 0.222. The van der Waals surface area contributed by atoms with Crippen molar-refractivity contribution in [3.63, 3.8) is 0 Å². The molecule has 1 aromatic heterocycles. The Kier molecular flexibility index (Phi) is 6.00. The maximum absolute atomic E-state index is 12.8. The van der Waals surface area contributed by atoms with Crippen molar-refractivity contribution in [1.29, 1.82) is 0 Å². The van der Waals surface area contributed by atoms with Crippen LogP contribution in [-0.2, 0) is 17.8 Å². The second kappa shape index (κ2) is 9.38. The number of nitrogens with zero attached hydrogens (tertiary/aromatic N) is 4. The minimum absolute atomic E-state index is 0.174. The first kappa shape index (κ1) is 21.1. The minimum atomic E-state index is 0.174. The molecule has 166 valence electrons. The van der Waals surface area contributed by atoms with Gasteiger partial charge in [0.2, 0.25) is 5.91 Å². The van der Waals surface area contributed by atoms with Gasteiger partial charge in [0.1, 0.15) is 11.6 Å². The molecule has 0 saturated carbocycles. The van der Waals surface area contributed by atoms with Crippen molar-refractivity contribution in [2.24, 2.45) is 0 Å². The van der Waals surface area contributed by atoms with Gasteiger partial charge >= 0.3 is 0 Å². The number of anilines is 1. The molecular weight excluding hydrogens is 410 g/mol. The van der Waals surface area contributed by atoms with Gasteiger partial charge in [-0.3, -0.25) is 9.69 Å². The number of aromatic nitrogens is 2. The smallest absolute Gasteiger partial charge is 0.227 e. The van der Waals surface area contributed by atoms with Gasteiger partial charge in [0.05, 0.1) is 18.5 Å². The predicted octanol–water partition coefficient (Wildman–Crippen LogP) is 3.77. The zero-order valence-corrected chi connectivity index (χ0v) is 18.5. The molecule has 1 aliphatic rings. The SMILES string of the molecule is Nc1nc(CN2CCN(C(=O)Cc3ccc(-c4ccccc4)cc3)CC2)nc2ccccc12. The van der Waals surface area contributed by atoms with Gasteiger partial charge in [0.15, 0.2) is 0 Å². The Morgan fingerprint density at radius 2 is 1.45 bits per heavy atom. The van der Waals surface area contributed by atoms with Crippen molar-refractivity contribution in [2.75, 3.05) is 31.9 Å². The molecule has 3 aromatic carbocycles. The molecule has 0 spiro atoms. The van der Waals surface area contributed by atoms with E-state index < -0.39 is 0 Å². The standard InChI is InChI=1S/C27H27N5O/c28-27-23-8-4-5-9-24(23)29-25(30-27)19-31-14-16-32(17-15-31)26(33)18-20-10-12-22(13-11-20)21-6-2-1-3-7-21/h1-13H,14-19H2,(H2,28,29,30). The number of para-hydroxylation sites is 1. The molecule has 0 atom stereocenters. The van der Waals surface area contributed by atoms with E-state index in [4.69, 9.17) is 5.73 Å². The van der Waals surface area contributed by atoms with Gasteiger partial charge in [0, 0.05) is 31.6 Å². The first-order chi connectivity index (χ1) is 16.2. The number of nitrogens with two attached hydrogens (primary N) is 1. The first-order valence-corrected chi connectivity index (χ1v) is 11.3. The number of amides is 1. The van der Waals surface area contributed by atoms with Crippen molar-refractivity contribution in [3.8, 4) is 11.1 Å². The molecule has 0 unspecified atom stereocenters. The summed E-state index contributed by atoms with van der Waals surface area (Å²) in [5.41, 5.74) is 10.4. The van der Waals surface area contributed by atoms with Crippen LogP contribution in [0.25, 0.3) is 22.0 Å². The third-order valence-corrected chi connectivity index (χ3v) is 6.19. The normalized spacial score (nSPS) is 14.5. The van der Waals surface area contributed by atoms with Crippen LogP contribution in [0.15, 0.2) is 78.9 Å². The molecule has 33 heavy (non-hydrogen) atoms. The summed E-state index contributed by atoms with van der Waals surface area (Å²) in [7, 11) is 0. The van der Waals surface area contributed by atoms with Crippen molar-refractivity contribution in [3.05, 3.63) is 90.3 Å². The van der Waals surface area contributed by atoms with Gasteiger partial charge in [0.25, 0.3) is 0 Å². The molecule has 1 amide bonds. The quantitative estimate of drug-likeness (QED) is 0.514. The lowest BCUT2D eigenvalue weighted by Gasteiger charge is -2.34. The van der Waals surface area contributed by atoms with Crippen molar-refractivity contribution in [1.82, 2.24) is 19.8 Å². The van der Waals surface area contributed by atoms with Crippen LogP contribution in [-0.4, -0.2) is 51.9 Å². The summed E-state index contributed by atoms with van der Waals surface area (Å²) < 4.78 is 0. The summed E-state index contributed by atoms with van der Waals surface area (Å²) in [6.07, 6.45) is 0.430. The van der Waals surface area contributed by atoms with Crippen LogP contribution >= 0.6 is 0 Å². The molecule has 0 radical (unpaired) electrons. The van der Waals surface area contributed by atoms with Crippen LogP contribution in [0.1, 0.15) is 11.4 Å². The number of benzene rings is 3. The molecule has 2 heterocycles. The maximum Gasteiger partial charge on any atom is 0.227 e. The van der Waals surface area contributed by atoms with Crippen LogP contribution in [0.3, 0.4) is 0 Å². The molecule has 2 N–H and O–H groups in total. The summed E-state index contributed by atoms with van der Waals surface area (Å²) in [6.45, 7) is 3.66. The predicted molar refractivity (Wildman–Crippen MR) is 131 cm³/mol. The highest BCUT2D eigenvalue weighted by Crippen LogP contribution is 2.20. The zero-order chi connectivity index (χ0) is 22.6. The molecule has 1 fully saturated rings. The molecule has 4 aromatic rings. The fourth-order valence-corrected chi connectivity index (χ4v) is 4.31. The van der Waals surface area contributed by atoms with Crippen LogP contribution in [0, 0.1) is 0 Å². The summed E-state index contributed by atoms with van der Waals surface area (Å²) >= 11 is 0. The van der Waals surface area contributed by atoms with E-state index in [1.165, 1.54) is 5.56 Å². The second-order valence-electron chi connectivity index (χ2n) is 8.44. The first-order valence-electron chi connectivity index (χ1n) is 11.3. The lowest BCUT2D eigenvalue weighted by Crippen LogP contribution is -2.48. The van der Waals surface area contributed by atoms with E-state index >= 15 is 0 Å². The third kappa shape index (κ3) is 4.86. The topological polar surface area (TPSA) is 75.3 Å².